The van der Waals surface area contributed by atoms with E-state index in [0.717, 1.165) is 5.56 Å². The molecule has 12 heavy (non-hydrogen) atoms. The van der Waals surface area contributed by atoms with Crippen molar-refractivity contribution in [1.82, 2.24) is 0 Å². The highest BCUT2D eigenvalue weighted by atomic mass is 127. The molecule has 0 radical (unpaired) electrons. The molecule has 0 aromatic heterocycles. The van der Waals surface area contributed by atoms with E-state index in [-0.39, 0.29) is 0 Å². The summed E-state index contributed by atoms with van der Waals surface area (Å²) in [6.07, 6.45) is 0. The summed E-state index contributed by atoms with van der Waals surface area (Å²) in [4.78, 5) is 0. The third-order valence-corrected chi connectivity index (χ3v) is 2.57. The van der Waals surface area contributed by atoms with Gasteiger partial charge in [0.2, 0.25) is 0 Å². The Kier molecular flexibility index (Phi) is 3.50. The Morgan fingerprint density at radius 2 is 1.50 bits per heavy atom. The quantitative estimate of drug-likeness (QED) is 0.561. The van der Waals surface area contributed by atoms with E-state index in [2.05, 4.69) is 13.8 Å². The van der Waals surface area contributed by atoms with E-state index in [9.17, 15) is 4.39 Å². The second-order valence-corrected chi connectivity index (χ2v) is 4.22. The summed E-state index contributed by atoms with van der Waals surface area (Å²) >= 11 is 1.77. The molecule has 0 aliphatic carbocycles. The largest absolute Gasteiger partial charge is 0.231 e. The minimum atomic E-state index is -0.885. The van der Waals surface area contributed by atoms with Crippen LogP contribution in [-0.2, 0) is 0 Å². The number of benzene rings is 1. The van der Waals surface area contributed by atoms with Gasteiger partial charge in [0.1, 0.15) is 0 Å². The van der Waals surface area contributed by atoms with Crippen LogP contribution >= 0.6 is 22.6 Å². The Hall–Kier alpha value is -0.120. The second kappa shape index (κ2) is 4.21. The molecular weight excluding hydrogens is 266 g/mol. The molecule has 0 amide bonds. The van der Waals surface area contributed by atoms with Crippen LogP contribution in [0.15, 0.2) is 24.3 Å². The van der Waals surface area contributed by atoms with Gasteiger partial charge in [-0.15, -0.1) is 0 Å². The first-order chi connectivity index (χ1) is 5.61. The van der Waals surface area contributed by atoms with E-state index in [1.807, 2.05) is 24.3 Å². The molecule has 0 spiro atoms. The average molecular weight is 278 g/mol. The molecule has 0 aliphatic heterocycles. The second-order valence-electron chi connectivity index (χ2n) is 3.12. The van der Waals surface area contributed by atoms with Gasteiger partial charge in [0.15, 0.2) is 4.18 Å². The highest BCUT2D eigenvalue weighted by Gasteiger charge is 2.04. The summed E-state index contributed by atoms with van der Waals surface area (Å²) in [5, 5.41) is 0. The van der Waals surface area contributed by atoms with Crippen molar-refractivity contribution in [3.05, 3.63) is 35.4 Å². The van der Waals surface area contributed by atoms with Crippen LogP contribution in [-0.4, -0.2) is 0 Å². The number of hydrogen-bond donors (Lipinski definition) is 0. The average Bonchev–Trinajstić information content (AvgIpc) is 2.04. The van der Waals surface area contributed by atoms with Crippen LogP contribution in [0.5, 0.6) is 0 Å². The van der Waals surface area contributed by atoms with Crippen LogP contribution in [0.2, 0.25) is 0 Å². The molecule has 1 rings (SSSR count). The lowest BCUT2D eigenvalue weighted by Crippen LogP contribution is -1.88. The molecule has 0 nitrogen and oxygen atoms in total. The SMILES string of the molecule is CC(C)c1ccc(C(F)I)cc1. The van der Waals surface area contributed by atoms with Crippen molar-refractivity contribution < 1.29 is 4.39 Å². The minimum Gasteiger partial charge on any atom is -0.231 e. The minimum absolute atomic E-state index is 0.520. The molecule has 1 unspecified atom stereocenters. The van der Waals surface area contributed by atoms with Crippen molar-refractivity contribution in [2.75, 3.05) is 0 Å². The van der Waals surface area contributed by atoms with Gasteiger partial charge in [-0.1, -0.05) is 38.1 Å². The van der Waals surface area contributed by atoms with E-state index in [0.29, 0.717) is 5.92 Å². The van der Waals surface area contributed by atoms with E-state index >= 15 is 0 Å². The maximum atomic E-state index is 12.8. The monoisotopic (exact) mass is 278 g/mol. The molecule has 1 atom stereocenters. The van der Waals surface area contributed by atoms with E-state index in [1.165, 1.54) is 5.56 Å². The highest BCUT2D eigenvalue weighted by molar-refractivity contribution is 14.1. The van der Waals surface area contributed by atoms with Gasteiger partial charge >= 0.3 is 0 Å². The molecule has 1 aromatic carbocycles. The molecule has 66 valence electrons. The number of hydrogen-bond acceptors (Lipinski definition) is 0. The van der Waals surface area contributed by atoms with Crippen LogP contribution in [0.25, 0.3) is 0 Å². The summed E-state index contributed by atoms with van der Waals surface area (Å²) in [6, 6.07) is 7.69. The summed E-state index contributed by atoms with van der Waals surface area (Å²) < 4.78 is 11.9. The van der Waals surface area contributed by atoms with Gasteiger partial charge in [-0.3, -0.25) is 0 Å². The van der Waals surface area contributed by atoms with Crippen molar-refractivity contribution in [2.24, 2.45) is 0 Å². The lowest BCUT2D eigenvalue weighted by molar-refractivity contribution is 0.490. The number of rotatable bonds is 2. The molecule has 0 aliphatic rings. The predicted octanol–water partition coefficient (Wildman–Crippen LogP) is 4.21. The van der Waals surface area contributed by atoms with Gasteiger partial charge in [-0.25, -0.2) is 4.39 Å². The van der Waals surface area contributed by atoms with Crippen molar-refractivity contribution >= 4 is 22.6 Å². The van der Waals surface area contributed by atoms with Gasteiger partial charge in [-0.05, 0) is 39.6 Å². The lowest BCUT2D eigenvalue weighted by atomic mass is 10.0. The fourth-order valence-electron chi connectivity index (χ4n) is 1.03. The molecular formula is C10H12FI. The number of halogens is 2. The fraction of sp³-hybridized carbons (Fsp3) is 0.400. The van der Waals surface area contributed by atoms with Crippen LogP contribution < -0.4 is 0 Å². The van der Waals surface area contributed by atoms with Crippen molar-refractivity contribution in [1.29, 1.82) is 0 Å². The predicted molar refractivity (Wildman–Crippen MR) is 58.4 cm³/mol. The highest BCUT2D eigenvalue weighted by Crippen LogP contribution is 2.25. The number of alkyl halides is 2. The first kappa shape index (κ1) is 9.96. The Balaban J connectivity index is 2.86. The van der Waals surface area contributed by atoms with E-state index in [4.69, 9.17) is 0 Å². The maximum Gasteiger partial charge on any atom is 0.176 e. The van der Waals surface area contributed by atoms with Crippen molar-refractivity contribution in [3.8, 4) is 0 Å². The fourth-order valence-corrected chi connectivity index (χ4v) is 1.44. The molecule has 0 bridgehead atoms. The Bertz CT molecular complexity index is 212. The van der Waals surface area contributed by atoms with Gasteiger partial charge in [0, 0.05) is 0 Å². The molecule has 0 fully saturated rings. The topological polar surface area (TPSA) is 0 Å². The van der Waals surface area contributed by atoms with Crippen LogP contribution in [0.1, 0.15) is 35.1 Å². The maximum absolute atomic E-state index is 12.8. The standard InChI is InChI=1S/C10H12FI/c1-7(2)8-3-5-9(6-4-8)10(11)12/h3-7,10H,1-2H3. The zero-order chi connectivity index (χ0) is 9.14. The Morgan fingerprint density at radius 1 is 1.08 bits per heavy atom. The summed E-state index contributed by atoms with van der Waals surface area (Å²) in [5.74, 6) is 0.520. The third-order valence-electron chi connectivity index (χ3n) is 1.86. The van der Waals surface area contributed by atoms with Gasteiger partial charge in [0.25, 0.3) is 0 Å². The third kappa shape index (κ3) is 2.44. The summed E-state index contributed by atoms with van der Waals surface area (Å²) in [6.45, 7) is 4.26. The van der Waals surface area contributed by atoms with Gasteiger partial charge in [0.05, 0.1) is 0 Å². The summed E-state index contributed by atoms with van der Waals surface area (Å²) in [5.41, 5.74) is 2.01. The lowest BCUT2D eigenvalue weighted by Gasteiger charge is -2.06. The Morgan fingerprint density at radius 3 is 1.83 bits per heavy atom. The molecule has 0 saturated heterocycles. The van der Waals surface area contributed by atoms with Crippen molar-refractivity contribution in [3.63, 3.8) is 0 Å². The zero-order valence-electron chi connectivity index (χ0n) is 7.22. The molecule has 0 heterocycles. The zero-order valence-corrected chi connectivity index (χ0v) is 9.38. The van der Waals surface area contributed by atoms with Crippen LogP contribution in [0.4, 0.5) is 4.39 Å². The van der Waals surface area contributed by atoms with Crippen LogP contribution in [0.3, 0.4) is 0 Å². The molecule has 1 aromatic rings. The normalized spacial score (nSPS) is 13.4. The first-order valence-corrected chi connectivity index (χ1v) is 5.24. The van der Waals surface area contributed by atoms with Gasteiger partial charge < -0.3 is 0 Å². The molecule has 0 saturated carbocycles. The molecule has 2 heteroatoms. The smallest absolute Gasteiger partial charge is 0.176 e. The van der Waals surface area contributed by atoms with Gasteiger partial charge in [-0.2, -0.15) is 0 Å². The Labute approximate surface area is 86.3 Å². The summed E-state index contributed by atoms with van der Waals surface area (Å²) in [7, 11) is 0. The van der Waals surface area contributed by atoms with E-state index in [1.54, 1.807) is 22.6 Å². The van der Waals surface area contributed by atoms with E-state index < -0.39 is 4.18 Å². The first-order valence-electron chi connectivity index (χ1n) is 3.99. The molecule has 0 N–H and O–H groups in total. The van der Waals surface area contributed by atoms with Crippen LogP contribution in [0, 0.1) is 0 Å². The van der Waals surface area contributed by atoms with Crippen molar-refractivity contribution in [2.45, 2.75) is 23.9 Å².